The first-order valence-corrected chi connectivity index (χ1v) is 5.21. The third-order valence-electron chi connectivity index (χ3n) is 1.84. The predicted octanol–water partition coefficient (Wildman–Crippen LogP) is 3.56. The molecule has 0 saturated carbocycles. The molecule has 2 nitrogen and oxygen atoms in total. The van der Waals surface area contributed by atoms with Crippen LogP contribution in [0.3, 0.4) is 0 Å². The number of rotatable bonds is 3. The lowest BCUT2D eigenvalue weighted by Crippen LogP contribution is -2.24. The summed E-state index contributed by atoms with van der Waals surface area (Å²) in [4.78, 5) is 0. The summed E-state index contributed by atoms with van der Waals surface area (Å²) in [7, 11) is 0. The Labute approximate surface area is 97.7 Å². The molecular weight excluding hydrogens is 244 g/mol. The zero-order valence-corrected chi connectivity index (χ0v) is 9.79. The molecule has 0 fully saturated rings. The molecule has 1 aromatic carbocycles. The van der Waals surface area contributed by atoms with Gasteiger partial charge in [0.15, 0.2) is 0 Å². The summed E-state index contributed by atoms with van der Waals surface area (Å²) in [6.07, 6.45) is 0.547. The van der Waals surface area contributed by atoms with Crippen molar-refractivity contribution >= 4 is 34.8 Å². The maximum absolute atomic E-state index is 8.67. The van der Waals surface area contributed by atoms with Crippen LogP contribution < -0.4 is 5.48 Å². The Morgan fingerprint density at radius 1 is 1.29 bits per heavy atom. The monoisotopic (exact) mass is 253 g/mol. The summed E-state index contributed by atoms with van der Waals surface area (Å²) in [5.41, 5.74) is 2.92. The van der Waals surface area contributed by atoms with Gasteiger partial charge in [0.2, 0.25) is 0 Å². The van der Waals surface area contributed by atoms with Crippen LogP contribution in [0.25, 0.3) is 0 Å². The summed E-state index contributed by atoms with van der Waals surface area (Å²) >= 11 is 17.7. The van der Waals surface area contributed by atoms with Gasteiger partial charge in [-0.2, -0.15) is 0 Å². The molecule has 0 radical (unpaired) electrons. The fraction of sp³-hybridized carbons (Fsp3) is 0.333. The highest BCUT2D eigenvalue weighted by Gasteiger charge is 2.10. The smallest absolute Gasteiger partial charge is 0.0468 e. The van der Waals surface area contributed by atoms with Gasteiger partial charge in [0, 0.05) is 21.1 Å². The quantitative estimate of drug-likeness (QED) is 0.809. The number of hydrogen-bond acceptors (Lipinski definition) is 2. The minimum absolute atomic E-state index is 0.105. The van der Waals surface area contributed by atoms with Crippen LogP contribution >= 0.6 is 34.8 Å². The van der Waals surface area contributed by atoms with Crippen LogP contribution in [0.15, 0.2) is 12.1 Å². The van der Waals surface area contributed by atoms with Crippen LogP contribution in [0.4, 0.5) is 0 Å². The number of hydroxylamine groups is 1. The molecule has 0 spiro atoms. The van der Waals surface area contributed by atoms with Crippen molar-refractivity contribution in [1.29, 1.82) is 0 Å². The second-order valence-electron chi connectivity index (χ2n) is 3.08. The van der Waals surface area contributed by atoms with Crippen molar-refractivity contribution in [2.24, 2.45) is 0 Å². The van der Waals surface area contributed by atoms with Gasteiger partial charge in [-0.3, -0.25) is 0 Å². The lowest BCUT2D eigenvalue weighted by Gasteiger charge is -2.12. The summed E-state index contributed by atoms with van der Waals surface area (Å²) in [5, 5.41) is 10.2. The highest BCUT2D eigenvalue weighted by Crippen LogP contribution is 2.29. The van der Waals surface area contributed by atoms with Crippen molar-refractivity contribution in [3.63, 3.8) is 0 Å². The van der Waals surface area contributed by atoms with Gasteiger partial charge in [-0.1, -0.05) is 34.8 Å². The van der Waals surface area contributed by atoms with Gasteiger partial charge < -0.3 is 5.21 Å². The molecule has 1 rings (SSSR count). The van der Waals surface area contributed by atoms with Crippen LogP contribution in [0.1, 0.15) is 12.5 Å². The number of halogens is 3. The molecular formula is C9H10Cl3NO. The lowest BCUT2D eigenvalue weighted by molar-refractivity contribution is 0.133. The Morgan fingerprint density at radius 3 is 2.21 bits per heavy atom. The van der Waals surface area contributed by atoms with E-state index in [1.165, 1.54) is 0 Å². The predicted molar refractivity (Wildman–Crippen MR) is 59.6 cm³/mol. The van der Waals surface area contributed by atoms with Gasteiger partial charge in [-0.05, 0) is 31.0 Å². The first-order valence-electron chi connectivity index (χ1n) is 4.07. The number of nitrogens with one attached hydrogen (secondary N) is 1. The fourth-order valence-corrected chi connectivity index (χ4v) is 2.09. The van der Waals surface area contributed by atoms with E-state index >= 15 is 0 Å². The van der Waals surface area contributed by atoms with Crippen molar-refractivity contribution < 1.29 is 5.21 Å². The first kappa shape index (κ1) is 12.1. The van der Waals surface area contributed by atoms with Crippen LogP contribution in [-0.4, -0.2) is 11.2 Å². The average Bonchev–Trinajstić information content (AvgIpc) is 2.10. The Bertz CT molecular complexity index is 307. The molecule has 0 amide bonds. The number of hydrogen-bond donors (Lipinski definition) is 2. The molecule has 0 heterocycles. The van der Waals surface area contributed by atoms with Gasteiger partial charge in [-0.15, -0.1) is 0 Å². The van der Waals surface area contributed by atoms with Crippen LogP contribution in [0.2, 0.25) is 15.1 Å². The molecule has 0 aliphatic rings. The van der Waals surface area contributed by atoms with Crippen molar-refractivity contribution in [2.45, 2.75) is 19.4 Å². The van der Waals surface area contributed by atoms with Crippen LogP contribution in [0, 0.1) is 0 Å². The summed E-state index contributed by atoms with van der Waals surface area (Å²) in [6, 6.07) is 3.16. The molecule has 0 aliphatic carbocycles. The molecule has 5 heteroatoms. The van der Waals surface area contributed by atoms with E-state index in [-0.39, 0.29) is 6.04 Å². The lowest BCUT2D eigenvalue weighted by atomic mass is 10.1. The van der Waals surface area contributed by atoms with Crippen molar-refractivity contribution in [2.75, 3.05) is 0 Å². The van der Waals surface area contributed by atoms with Crippen molar-refractivity contribution in [3.8, 4) is 0 Å². The standard InChI is InChI=1S/C9H10Cl3NO/c1-5(13-14)2-7-8(11)3-6(10)4-9(7)12/h3-5,13-14H,2H2,1H3. The zero-order chi connectivity index (χ0) is 10.7. The Balaban J connectivity index is 2.96. The molecule has 14 heavy (non-hydrogen) atoms. The van der Waals surface area contributed by atoms with Gasteiger partial charge in [0.25, 0.3) is 0 Å². The van der Waals surface area contributed by atoms with E-state index < -0.39 is 0 Å². The van der Waals surface area contributed by atoms with E-state index in [2.05, 4.69) is 5.48 Å². The third-order valence-corrected chi connectivity index (χ3v) is 2.73. The first-order chi connectivity index (χ1) is 6.54. The van der Waals surface area contributed by atoms with Gasteiger partial charge in [0.1, 0.15) is 0 Å². The third kappa shape index (κ3) is 3.01. The molecule has 78 valence electrons. The summed E-state index contributed by atoms with van der Waals surface area (Å²) < 4.78 is 0. The molecule has 0 aromatic heterocycles. The SMILES string of the molecule is CC(Cc1c(Cl)cc(Cl)cc1Cl)NO. The Kier molecular flexibility index (Phi) is 4.48. The fourth-order valence-electron chi connectivity index (χ4n) is 1.12. The van der Waals surface area contributed by atoms with E-state index in [0.29, 0.717) is 21.5 Å². The maximum atomic E-state index is 8.67. The van der Waals surface area contributed by atoms with Crippen LogP contribution in [-0.2, 0) is 6.42 Å². The summed E-state index contributed by atoms with van der Waals surface area (Å²) in [6.45, 7) is 1.82. The average molecular weight is 255 g/mol. The highest BCUT2D eigenvalue weighted by atomic mass is 35.5. The molecule has 0 aliphatic heterocycles. The molecule has 1 unspecified atom stereocenters. The number of benzene rings is 1. The van der Waals surface area contributed by atoms with Crippen molar-refractivity contribution in [1.82, 2.24) is 5.48 Å². The highest BCUT2D eigenvalue weighted by molar-refractivity contribution is 6.39. The Hall–Kier alpha value is 0.01000. The summed E-state index contributed by atoms with van der Waals surface area (Å²) in [5.74, 6) is 0. The molecule has 1 atom stereocenters. The largest absolute Gasteiger partial charge is 0.317 e. The van der Waals surface area contributed by atoms with Crippen molar-refractivity contribution in [3.05, 3.63) is 32.8 Å². The van der Waals surface area contributed by atoms with E-state index in [4.69, 9.17) is 40.0 Å². The Morgan fingerprint density at radius 2 is 1.79 bits per heavy atom. The molecule has 1 aromatic rings. The second-order valence-corrected chi connectivity index (χ2v) is 4.33. The zero-order valence-electron chi connectivity index (χ0n) is 7.52. The molecule has 0 saturated heterocycles. The van der Waals surface area contributed by atoms with E-state index in [0.717, 1.165) is 5.56 Å². The van der Waals surface area contributed by atoms with Gasteiger partial charge >= 0.3 is 0 Å². The van der Waals surface area contributed by atoms with Gasteiger partial charge in [0.05, 0.1) is 0 Å². The van der Waals surface area contributed by atoms with Gasteiger partial charge in [-0.25, -0.2) is 5.48 Å². The minimum atomic E-state index is -0.105. The minimum Gasteiger partial charge on any atom is -0.317 e. The van der Waals surface area contributed by atoms with E-state index in [1.807, 2.05) is 6.92 Å². The maximum Gasteiger partial charge on any atom is 0.0468 e. The van der Waals surface area contributed by atoms with E-state index in [9.17, 15) is 0 Å². The second kappa shape index (κ2) is 5.19. The molecule has 2 N–H and O–H groups in total. The van der Waals surface area contributed by atoms with Crippen LogP contribution in [0.5, 0.6) is 0 Å². The normalized spacial score (nSPS) is 12.9. The molecule has 0 bridgehead atoms. The topological polar surface area (TPSA) is 32.3 Å². The van der Waals surface area contributed by atoms with E-state index in [1.54, 1.807) is 12.1 Å².